The highest BCUT2D eigenvalue weighted by atomic mass is 16.5. The Balaban J connectivity index is 2.19. The lowest BCUT2D eigenvalue weighted by atomic mass is 10.1. The summed E-state index contributed by atoms with van der Waals surface area (Å²) in [6.45, 7) is 3.95. The van der Waals surface area contributed by atoms with Gasteiger partial charge in [0.25, 0.3) is 5.91 Å². The summed E-state index contributed by atoms with van der Waals surface area (Å²) in [5.41, 5.74) is 13.4. The van der Waals surface area contributed by atoms with Crippen LogP contribution in [0, 0.1) is 0 Å². The minimum Gasteiger partial charge on any atom is -0.491 e. The quantitative estimate of drug-likeness (QED) is 0.737. The average molecular weight is 285 g/mol. The normalized spacial score (nSPS) is 10.4. The van der Waals surface area contributed by atoms with E-state index in [9.17, 15) is 4.79 Å². The molecule has 2 aromatic rings. The number of benzene rings is 2. The SMILES string of the molecule is CC(C)Oc1ccc(Nc2cccc(C(N)=O)c2N)cc1. The second-order valence-corrected chi connectivity index (χ2v) is 4.95. The zero-order valence-electron chi connectivity index (χ0n) is 12.1. The molecule has 0 spiro atoms. The number of nitrogen functional groups attached to an aromatic ring is 1. The van der Waals surface area contributed by atoms with Gasteiger partial charge in [-0.05, 0) is 50.2 Å². The van der Waals surface area contributed by atoms with Gasteiger partial charge in [0.2, 0.25) is 0 Å². The lowest BCUT2D eigenvalue weighted by molar-refractivity contribution is 0.100. The van der Waals surface area contributed by atoms with Crippen molar-refractivity contribution in [2.24, 2.45) is 5.73 Å². The Morgan fingerprint density at radius 1 is 1.14 bits per heavy atom. The molecule has 0 fully saturated rings. The number of nitrogens with one attached hydrogen (secondary N) is 1. The van der Waals surface area contributed by atoms with Gasteiger partial charge in [-0.1, -0.05) is 6.07 Å². The molecule has 0 aromatic heterocycles. The van der Waals surface area contributed by atoms with E-state index in [1.165, 1.54) is 0 Å². The molecule has 1 amide bonds. The Hall–Kier alpha value is -2.69. The molecule has 2 rings (SSSR count). The molecule has 110 valence electrons. The van der Waals surface area contributed by atoms with Crippen molar-refractivity contribution in [1.82, 2.24) is 0 Å². The summed E-state index contributed by atoms with van der Waals surface area (Å²) in [4.78, 5) is 11.3. The molecule has 0 heterocycles. The van der Waals surface area contributed by atoms with Crippen molar-refractivity contribution < 1.29 is 9.53 Å². The fourth-order valence-corrected chi connectivity index (χ4v) is 1.93. The molecule has 0 aliphatic heterocycles. The van der Waals surface area contributed by atoms with Gasteiger partial charge in [-0.2, -0.15) is 0 Å². The molecular weight excluding hydrogens is 266 g/mol. The largest absolute Gasteiger partial charge is 0.491 e. The van der Waals surface area contributed by atoms with E-state index < -0.39 is 5.91 Å². The fourth-order valence-electron chi connectivity index (χ4n) is 1.93. The number of ether oxygens (including phenoxy) is 1. The number of primary amides is 1. The standard InChI is InChI=1S/C16H19N3O2/c1-10(2)21-12-8-6-11(7-9-12)19-14-5-3-4-13(15(14)17)16(18)20/h3-10,19H,17H2,1-2H3,(H2,18,20). The maximum Gasteiger partial charge on any atom is 0.250 e. The van der Waals surface area contributed by atoms with Crippen LogP contribution in [0.15, 0.2) is 42.5 Å². The first-order valence-electron chi connectivity index (χ1n) is 6.69. The summed E-state index contributed by atoms with van der Waals surface area (Å²) in [5, 5.41) is 3.16. The molecule has 21 heavy (non-hydrogen) atoms. The first-order valence-corrected chi connectivity index (χ1v) is 6.69. The van der Waals surface area contributed by atoms with Gasteiger partial charge >= 0.3 is 0 Å². The molecule has 5 nitrogen and oxygen atoms in total. The Kier molecular flexibility index (Phi) is 4.33. The Labute approximate surface area is 123 Å². The highest BCUT2D eigenvalue weighted by molar-refractivity contribution is 6.01. The first kappa shape index (κ1) is 14.7. The van der Waals surface area contributed by atoms with Crippen molar-refractivity contribution in [2.45, 2.75) is 20.0 Å². The van der Waals surface area contributed by atoms with E-state index in [0.717, 1.165) is 11.4 Å². The molecule has 0 saturated carbocycles. The number of nitrogens with two attached hydrogens (primary N) is 2. The van der Waals surface area contributed by atoms with Crippen LogP contribution in [0.5, 0.6) is 5.75 Å². The molecule has 0 aliphatic rings. The smallest absolute Gasteiger partial charge is 0.250 e. The maximum absolute atomic E-state index is 11.3. The number of carbonyl (C=O) groups excluding carboxylic acids is 1. The Morgan fingerprint density at radius 2 is 1.81 bits per heavy atom. The zero-order valence-corrected chi connectivity index (χ0v) is 12.1. The maximum atomic E-state index is 11.3. The minimum atomic E-state index is -0.545. The van der Waals surface area contributed by atoms with Gasteiger partial charge in [-0.25, -0.2) is 0 Å². The monoisotopic (exact) mass is 285 g/mol. The fraction of sp³-hybridized carbons (Fsp3) is 0.188. The lowest BCUT2D eigenvalue weighted by Gasteiger charge is -2.13. The summed E-state index contributed by atoms with van der Waals surface area (Å²) in [6, 6.07) is 12.6. The topological polar surface area (TPSA) is 90.4 Å². The van der Waals surface area contributed by atoms with Gasteiger partial charge in [0, 0.05) is 5.69 Å². The van der Waals surface area contributed by atoms with Gasteiger partial charge in [0.1, 0.15) is 5.75 Å². The average Bonchev–Trinajstić information content (AvgIpc) is 2.42. The molecular formula is C16H19N3O2. The highest BCUT2D eigenvalue weighted by Gasteiger charge is 2.09. The van der Waals surface area contributed by atoms with Gasteiger partial charge in [0.05, 0.1) is 23.0 Å². The van der Waals surface area contributed by atoms with E-state index in [4.69, 9.17) is 16.2 Å². The second-order valence-electron chi connectivity index (χ2n) is 4.95. The summed E-state index contributed by atoms with van der Waals surface area (Å²) in [6.07, 6.45) is 0.131. The molecule has 0 aliphatic carbocycles. The third kappa shape index (κ3) is 3.66. The number of para-hydroxylation sites is 1. The van der Waals surface area contributed by atoms with Crippen LogP contribution >= 0.6 is 0 Å². The van der Waals surface area contributed by atoms with Crippen LogP contribution in [0.2, 0.25) is 0 Å². The molecule has 0 unspecified atom stereocenters. The van der Waals surface area contributed by atoms with Crippen molar-refractivity contribution in [1.29, 1.82) is 0 Å². The van der Waals surface area contributed by atoms with Gasteiger partial charge < -0.3 is 21.5 Å². The Bertz CT molecular complexity index is 636. The lowest BCUT2D eigenvalue weighted by Crippen LogP contribution is -2.14. The van der Waals surface area contributed by atoms with Crippen LogP contribution in [0.1, 0.15) is 24.2 Å². The molecule has 0 atom stereocenters. The number of carbonyl (C=O) groups is 1. The Morgan fingerprint density at radius 3 is 2.38 bits per heavy atom. The summed E-state index contributed by atoms with van der Waals surface area (Å²) >= 11 is 0. The van der Waals surface area contributed by atoms with Crippen molar-refractivity contribution >= 4 is 23.0 Å². The zero-order chi connectivity index (χ0) is 15.4. The van der Waals surface area contributed by atoms with Crippen LogP contribution < -0.4 is 21.5 Å². The molecule has 5 N–H and O–H groups in total. The van der Waals surface area contributed by atoms with E-state index in [-0.39, 0.29) is 6.10 Å². The molecule has 5 heteroatoms. The highest BCUT2D eigenvalue weighted by Crippen LogP contribution is 2.27. The molecule has 0 bridgehead atoms. The second kappa shape index (κ2) is 6.17. The van der Waals surface area contributed by atoms with E-state index in [0.29, 0.717) is 16.9 Å². The number of hydrogen-bond acceptors (Lipinski definition) is 4. The van der Waals surface area contributed by atoms with Crippen molar-refractivity contribution in [3.05, 3.63) is 48.0 Å². The predicted molar refractivity (Wildman–Crippen MR) is 84.9 cm³/mol. The van der Waals surface area contributed by atoms with Crippen LogP contribution in [-0.4, -0.2) is 12.0 Å². The van der Waals surface area contributed by atoms with Gasteiger partial charge in [-0.15, -0.1) is 0 Å². The molecule has 0 saturated heterocycles. The number of amides is 1. The van der Waals surface area contributed by atoms with Crippen molar-refractivity contribution in [3.63, 3.8) is 0 Å². The van der Waals surface area contributed by atoms with E-state index in [2.05, 4.69) is 5.32 Å². The van der Waals surface area contributed by atoms with Gasteiger partial charge in [-0.3, -0.25) is 4.79 Å². The molecule has 2 aromatic carbocycles. The predicted octanol–water partition coefficient (Wildman–Crippen LogP) is 2.90. The third-order valence-corrected chi connectivity index (χ3v) is 2.88. The molecule has 0 radical (unpaired) electrons. The van der Waals surface area contributed by atoms with Crippen LogP contribution in [0.4, 0.5) is 17.1 Å². The summed E-state index contributed by atoms with van der Waals surface area (Å²) < 4.78 is 5.58. The van der Waals surface area contributed by atoms with E-state index >= 15 is 0 Å². The van der Waals surface area contributed by atoms with Crippen LogP contribution in [0.3, 0.4) is 0 Å². The van der Waals surface area contributed by atoms with Crippen molar-refractivity contribution in [2.75, 3.05) is 11.1 Å². The number of anilines is 3. The minimum absolute atomic E-state index is 0.131. The number of rotatable bonds is 5. The first-order chi connectivity index (χ1) is 9.97. The van der Waals surface area contributed by atoms with Crippen LogP contribution in [0.25, 0.3) is 0 Å². The summed E-state index contributed by atoms with van der Waals surface area (Å²) in [7, 11) is 0. The van der Waals surface area contributed by atoms with Gasteiger partial charge in [0.15, 0.2) is 0 Å². The third-order valence-electron chi connectivity index (χ3n) is 2.88. The van der Waals surface area contributed by atoms with E-state index in [1.54, 1.807) is 18.2 Å². The summed E-state index contributed by atoms with van der Waals surface area (Å²) in [5.74, 6) is 0.256. The number of hydrogen-bond donors (Lipinski definition) is 3. The van der Waals surface area contributed by atoms with Crippen LogP contribution in [-0.2, 0) is 0 Å². The van der Waals surface area contributed by atoms with Crippen molar-refractivity contribution in [3.8, 4) is 5.75 Å². The van der Waals surface area contributed by atoms with E-state index in [1.807, 2.05) is 38.1 Å².